The van der Waals surface area contributed by atoms with Crippen LogP contribution in [0.25, 0.3) is 0 Å². The van der Waals surface area contributed by atoms with Gasteiger partial charge in [0.2, 0.25) is 0 Å². The van der Waals surface area contributed by atoms with Crippen molar-refractivity contribution in [3.05, 3.63) is 47.5 Å². The summed E-state index contributed by atoms with van der Waals surface area (Å²) < 4.78 is 0. The van der Waals surface area contributed by atoms with Gasteiger partial charge in [-0.05, 0) is 44.7 Å². The number of carbonyl (C=O) groups excluding carboxylic acids is 2. The van der Waals surface area contributed by atoms with Crippen LogP contribution in [0.5, 0.6) is 0 Å². The highest BCUT2D eigenvalue weighted by Crippen LogP contribution is 2.25. The average molecular weight is 424 g/mol. The summed E-state index contributed by atoms with van der Waals surface area (Å²) in [6.45, 7) is 5.82. The van der Waals surface area contributed by atoms with Gasteiger partial charge in [0.1, 0.15) is 12.2 Å². The molecule has 9 heteroatoms. The fraction of sp³-hybridized carbons (Fsp3) is 0.500. The molecule has 0 atom stereocenters. The molecule has 0 radical (unpaired) electrons. The molecule has 3 heterocycles. The Morgan fingerprint density at radius 1 is 1.16 bits per heavy atom. The third kappa shape index (κ3) is 4.60. The van der Waals surface area contributed by atoms with E-state index in [9.17, 15) is 9.59 Å². The second kappa shape index (κ2) is 9.72. The summed E-state index contributed by atoms with van der Waals surface area (Å²) in [6.07, 6.45) is 5.15. The molecule has 1 aromatic heterocycles. The van der Waals surface area contributed by atoms with Gasteiger partial charge >= 0.3 is 0 Å². The molecule has 31 heavy (non-hydrogen) atoms. The van der Waals surface area contributed by atoms with Crippen molar-refractivity contribution < 1.29 is 9.59 Å². The lowest BCUT2D eigenvalue weighted by atomic mass is 9.96. The SMILES string of the molecule is CCNC(=NCCCCN1C(=O)c2ccccc2C1=O)N1CCC(c2ncn[nH]2)CC1. The quantitative estimate of drug-likeness (QED) is 0.305. The van der Waals surface area contributed by atoms with Crippen LogP contribution in [-0.2, 0) is 0 Å². The Kier molecular flexibility index (Phi) is 6.59. The molecule has 9 nitrogen and oxygen atoms in total. The molecule has 164 valence electrons. The van der Waals surface area contributed by atoms with Gasteiger partial charge in [-0.25, -0.2) is 4.98 Å². The molecule has 1 saturated heterocycles. The fourth-order valence-corrected chi connectivity index (χ4v) is 4.21. The van der Waals surface area contributed by atoms with Crippen molar-refractivity contribution in [1.29, 1.82) is 0 Å². The maximum Gasteiger partial charge on any atom is 0.261 e. The molecule has 0 aliphatic carbocycles. The number of aliphatic imine (C=N–C) groups is 1. The van der Waals surface area contributed by atoms with E-state index in [4.69, 9.17) is 4.99 Å². The highest BCUT2D eigenvalue weighted by molar-refractivity contribution is 6.21. The van der Waals surface area contributed by atoms with Gasteiger partial charge in [0.25, 0.3) is 11.8 Å². The number of aromatic nitrogens is 3. The molecule has 1 fully saturated rings. The van der Waals surface area contributed by atoms with Gasteiger partial charge in [0, 0.05) is 38.6 Å². The average Bonchev–Trinajstić information content (AvgIpc) is 3.42. The highest BCUT2D eigenvalue weighted by Gasteiger charge is 2.34. The lowest BCUT2D eigenvalue weighted by molar-refractivity contribution is 0.0652. The number of nitrogens with zero attached hydrogens (tertiary/aromatic N) is 5. The smallest absolute Gasteiger partial charge is 0.261 e. The van der Waals surface area contributed by atoms with Crippen LogP contribution in [0, 0.1) is 0 Å². The second-order valence-corrected chi connectivity index (χ2v) is 7.88. The number of fused-ring (bicyclic) bond motifs is 1. The number of aromatic amines is 1. The molecule has 2 N–H and O–H groups in total. The zero-order valence-corrected chi connectivity index (χ0v) is 17.9. The molecule has 1 aromatic carbocycles. The Morgan fingerprint density at radius 3 is 2.48 bits per heavy atom. The number of piperidine rings is 1. The van der Waals surface area contributed by atoms with Gasteiger partial charge in [-0.2, -0.15) is 5.10 Å². The molecule has 4 rings (SSSR count). The summed E-state index contributed by atoms with van der Waals surface area (Å²) in [5.74, 6) is 1.94. The third-order valence-corrected chi connectivity index (χ3v) is 5.88. The Labute approximate surface area is 181 Å². The lowest BCUT2D eigenvalue weighted by Crippen LogP contribution is -2.45. The van der Waals surface area contributed by atoms with E-state index in [-0.39, 0.29) is 11.8 Å². The fourth-order valence-electron chi connectivity index (χ4n) is 4.21. The van der Waals surface area contributed by atoms with Gasteiger partial charge in [0.05, 0.1) is 11.1 Å². The zero-order chi connectivity index (χ0) is 21.6. The van der Waals surface area contributed by atoms with E-state index in [0.29, 0.717) is 30.1 Å². The number of nitrogens with one attached hydrogen (secondary N) is 2. The van der Waals surface area contributed by atoms with E-state index < -0.39 is 0 Å². The third-order valence-electron chi connectivity index (χ3n) is 5.88. The van der Waals surface area contributed by atoms with E-state index in [2.05, 4.69) is 32.3 Å². The summed E-state index contributed by atoms with van der Waals surface area (Å²) in [5.41, 5.74) is 1.02. The van der Waals surface area contributed by atoms with Crippen LogP contribution in [-0.4, -0.2) is 75.5 Å². The molecule has 2 aliphatic heterocycles. The molecule has 0 bridgehead atoms. The molecule has 2 aliphatic rings. The number of amides is 2. The topological polar surface area (TPSA) is 107 Å². The van der Waals surface area contributed by atoms with Crippen LogP contribution in [0.2, 0.25) is 0 Å². The van der Waals surface area contributed by atoms with E-state index >= 15 is 0 Å². The number of hydrogen-bond acceptors (Lipinski definition) is 5. The van der Waals surface area contributed by atoms with Gasteiger partial charge in [-0.1, -0.05) is 12.1 Å². The number of rotatable bonds is 7. The van der Waals surface area contributed by atoms with Crippen molar-refractivity contribution in [2.45, 2.75) is 38.5 Å². The number of benzene rings is 1. The Hall–Kier alpha value is -3.23. The minimum Gasteiger partial charge on any atom is -0.357 e. The number of guanidine groups is 1. The molecule has 0 unspecified atom stereocenters. The van der Waals surface area contributed by atoms with Crippen molar-refractivity contribution in [2.75, 3.05) is 32.7 Å². The first-order chi connectivity index (χ1) is 15.2. The summed E-state index contributed by atoms with van der Waals surface area (Å²) >= 11 is 0. The minimum atomic E-state index is -0.188. The number of unbranched alkanes of at least 4 members (excludes halogenated alkanes) is 1. The maximum atomic E-state index is 12.4. The van der Waals surface area contributed by atoms with E-state index in [0.717, 1.165) is 57.1 Å². The van der Waals surface area contributed by atoms with Crippen LogP contribution in [0.3, 0.4) is 0 Å². The predicted octanol–water partition coefficient (Wildman–Crippen LogP) is 2.03. The first-order valence-corrected chi connectivity index (χ1v) is 11.0. The van der Waals surface area contributed by atoms with Crippen LogP contribution in [0.15, 0.2) is 35.6 Å². The minimum absolute atomic E-state index is 0.188. The molecular weight excluding hydrogens is 394 g/mol. The summed E-state index contributed by atoms with van der Waals surface area (Å²) in [5, 5.41) is 10.3. The number of imide groups is 1. The number of carbonyl (C=O) groups is 2. The first kappa shape index (κ1) is 21.0. The Bertz CT molecular complexity index is 898. The largest absolute Gasteiger partial charge is 0.357 e. The van der Waals surface area contributed by atoms with E-state index in [1.165, 1.54) is 4.90 Å². The second-order valence-electron chi connectivity index (χ2n) is 7.88. The van der Waals surface area contributed by atoms with Crippen molar-refractivity contribution in [1.82, 2.24) is 30.3 Å². The van der Waals surface area contributed by atoms with Gasteiger partial charge < -0.3 is 10.2 Å². The van der Waals surface area contributed by atoms with Gasteiger partial charge in [-0.15, -0.1) is 0 Å². The first-order valence-electron chi connectivity index (χ1n) is 11.0. The lowest BCUT2D eigenvalue weighted by Gasteiger charge is -2.33. The molecular formula is C22H29N7O2. The van der Waals surface area contributed by atoms with Crippen LogP contribution >= 0.6 is 0 Å². The Morgan fingerprint density at radius 2 is 1.87 bits per heavy atom. The van der Waals surface area contributed by atoms with E-state index in [1.807, 2.05) is 0 Å². The summed E-state index contributed by atoms with van der Waals surface area (Å²) in [4.78, 5) is 37.6. The number of hydrogen-bond donors (Lipinski definition) is 2. The van der Waals surface area contributed by atoms with Gasteiger partial charge in [-0.3, -0.25) is 24.6 Å². The van der Waals surface area contributed by atoms with Crippen LogP contribution < -0.4 is 5.32 Å². The van der Waals surface area contributed by atoms with Crippen molar-refractivity contribution in [2.24, 2.45) is 4.99 Å². The molecule has 2 amide bonds. The molecule has 2 aromatic rings. The predicted molar refractivity (Wildman–Crippen MR) is 117 cm³/mol. The summed E-state index contributed by atoms with van der Waals surface area (Å²) in [6, 6.07) is 7.01. The van der Waals surface area contributed by atoms with Crippen LogP contribution in [0.4, 0.5) is 0 Å². The van der Waals surface area contributed by atoms with Gasteiger partial charge in [0.15, 0.2) is 5.96 Å². The molecule has 0 spiro atoms. The zero-order valence-electron chi connectivity index (χ0n) is 17.9. The summed E-state index contributed by atoms with van der Waals surface area (Å²) in [7, 11) is 0. The normalized spacial score (nSPS) is 17.4. The number of likely N-dealkylation sites (tertiary alicyclic amines) is 1. The highest BCUT2D eigenvalue weighted by atomic mass is 16.2. The maximum absolute atomic E-state index is 12.4. The van der Waals surface area contributed by atoms with Crippen molar-refractivity contribution in [3.8, 4) is 0 Å². The van der Waals surface area contributed by atoms with Crippen molar-refractivity contribution in [3.63, 3.8) is 0 Å². The standard InChI is InChI=1S/C22H29N7O2/c1-2-23-22(28-13-9-16(10-14-28)19-25-15-26-27-19)24-11-5-6-12-29-20(30)17-7-3-4-8-18(17)21(29)31/h3-4,7-8,15-16H,2,5-6,9-14H2,1H3,(H,23,24)(H,25,26,27). The molecule has 0 saturated carbocycles. The van der Waals surface area contributed by atoms with E-state index in [1.54, 1.807) is 30.6 Å². The van der Waals surface area contributed by atoms with Crippen LogP contribution in [0.1, 0.15) is 65.1 Å². The number of H-pyrrole nitrogens is 1. The van der Waals surface area contributed by atoms with Crippen molar-refractivity contribution >= 4 is 17.8 Å². The Balaban J connectivity index is 1.24. The monoisotopic (exact) mass is 423 g/mol.